The zero-order valence-corrected chi connectivity index (χ0v) is 17.3. The van der Waals surface area contributed by atoms with Crippen LogP contribution in [0.15, 0.2) is 24.3 Å². The van der Waals surface area contributed by atoms with Crippen molar-refractivity contribution in [2.45, 2.75) is 50.4 Å². The maximum Gasteiger partial charge on any atom is 0.344 e. The van der Waals surface area contributed by atoms with Gasteiger partial charge in [0.15, 0.2) is 13.2 Å². The zero-order valence-electron chi connectivity index (χ0n) is 17.3. The standard InChI is InChI=1S/C24H26O6/c1-3-27-17(25)11-29-23-19-13-5-7-15(9-13)21(19)24(30-12-18(26)28-4-2)22-16-8-6-14(10-16)20(22)23/h5-8,13-16H,3-4,9-12H2,1-2H3/t13-,14+,15+,16-. The Hall–Kier alpha value is -2.76. The van der Waals surface area contributed by atoms with Gasteiger partial charge in [0.2, 0.25) is 0 Å². The van der Waals surface area contributed by atoms with Crippen molar-refractivity contribution in [1.82, 2.24) is 0 Å². The molecule has 1 aromatic carbocycles. The molecule has 4 bridgehead atoms. The molecule has 0 amide bonds. The molecule has 0 unspecified atom stereocenters. The van der Waals surface area contributed by atoms with Gasteiger partial charge in [-0.25, -0.2) is 9.59 Å². The molecule has 4 aliphatic carbocycles. The van der Waals surface area contributed by atoms with E-state index in [1.165, 1.54) is 0 Å². The smallest absolute Gasteiger partial charge is 0.344 e. The molecular weight excluding hydrogens is 384 g/mol. The van der Waals surface area contributed by atoms with Crippen molar-refractivity contribution in [1.29, 1.82) is 0 Å². The number of allylic oxidation sites excluding steroid dienone is 4. The van der Waals surface area contributed by atoms with Gasteiger partial charge >= 0.3 is 11.9 Å². The Balaban J connectivity index is 1.57. The number of carbonyl (C=O) groups excluding carboxylic acids is 2. The van der Waals surface area contributed by atoms with Gasteiger partial charge in [0.05, 0.1) is 13.2 Å². The highest BCUT2D eigenvalue weighted by Crippen LogP contribution is 2.64. The van der Waals surface area contributed by atoms with Crippen molar-refractivity contribution in [3.63, 3.8) is 0 Å². The second kappa shape index (κ2) is 7.49. The van der Waals surface area contributed by atoms with Crippen LogP contribution >= 0.6 is 0 Å². The van der Waals surface area contributed by atoms with E-state index in [-0.39, 0.29) is 48.8 Å². The molecule has 1 aromatic rings. The molecular formula is C24H26O6. The lowest BCUT2D eigenvalue weighted by atomic mass is 9.85. The first-order chi connectivity index (χ1) is 14.6. The fraction of sp³-hybridized carbons (Fsp3) is 0.500. The molecule has 0 saturated carbocycles. The first kappa shape index (κ1) is 19.2. The van der Waals surface area contributed by atoms with Crippen molar-refractivity contribution in [2.75, 3.05) is 26.4 Å². The average molecular weight is 410 g/mol. The summed E-state index contributed by atoms with van der Waals surface area (Å²) < 4.78 is 22.4. The average Bonchev–Trinajstić information content (AvgIpc) is 3.51. The maximum absolute atomic E-state index is 12.0. The molecule has 5 rings (SSSR count). The van der Waals surface area contributed by atoms with Crippen molar-refractivity contribution < 1.29 is 28.5 Å². The molecule has 4 atom stereocenters. The maximum atomic E-state index is 12.0. The number of hydrogen-bond acceptors (Lipinski definition) is 6. The summed E-state index contributed by atoms with van der Waals surface area (Å²) in [5.74, 6) is 1.93. The van der Waals surface area contributed by atoms with Crippen LogP contribution in [0.25, 0.3) is 0 Å². The second-order valence-electron chi connectivity index (χ2n) is 8.17. The highest BCUT2D eigenvalue weighted by atomic mass is 16.6. The second-order valence-corrected chi connectivity index (χ2v) is 8.17. The summed E-state index contributed by atoms with van der Waals surface area (Å²) in [6.45, 7) is 4.04. The van der Waals surface area contributed by atoms with Crippen LogP contribution in [0, 0.1) is 0 Å². The first-order valence-corrected chi connectivity index (χ1v) is 10.8. The molecule has 0 aromatic heterocycles. The molecule has 0 fully saturated rings. The lowest BCUT2D eigenvalue weighted by Crippen LogP contribution is -2.19. The van der Waals surface area contributed by atoms with E-state index in [1.807, 2.05) is 0 Å². The largest absolute Gasteiger partial charge is 0.481 e. The van der Waals surface area contributed by atoms with Gasteiger partial charge in [-0.2, -0.15) is 0 Å². The summed E-state index contributed by atoms with van der Waals surface area (Å²) in [5, 5.41) is 0. The minimum absolute atomic E-state index is 0.0993. The van der Waals surface area contributed by atoms with Gasteiger partial charge in [0.25, 0.3) is 0 Å². The lowest BCUT2D eigenvalue weighted by Gasteiger charge is -2.27. The normalized spacial score (nSPS) is 25.9. The van der Waals surface area contributed by atoms with E-state index in [2.05, 4.69) is 24.3 Å². The van der Waals surface area contributed by atoms with Gasteiger partial charge in [-0.05, 0) is 26.7 Å². The lowest BCUT2D eigenvalue weighted by molar-refractivity contribution is -0.146. The molecule has 0 saturated heterocycles. The van der Waals surface area contributed by atoms with Crippen molar-refractivity contribution in [3.8, 4) is 11.5 Å². The van der Waals surface area contributed by atoms with Crippen LogP contribution in [-0.2, 0) is 19.1 Å². The monoisotopic (exact) mass is 410 g/mol. The number of ether oxygens (including phenoxy) is 4. The van der Waals surface area contributed by atoms with Crippen molar-refractivity contribution >= 4 is 11.9 Å². The van der Waals surface area contributed by atoms with E-state index in [4.69, 9.17) is 18.9 Å². The Morgan fingerprint density at radius 3 is 1.33 bits per heavy atom. The molecule has 6 heteroatoms. The number of carbonyl (C=O) groups is 2. The molecule has 0 heterocycles. The third-order valence-electron chi connectivity index (χ3n) is 6.49. The fourth-order valence-electron chi connectivity index (χ4n) is 5.48. The summed E-state index contributed by atoms with van der Waals surface area (Å²) in [5.41, 5.74) is 4.46. The summed E-state index contributed by atoms with van der Waals surface area (Å²) in [4.78, 5) is 24.0. The molecule has 0 spiro atoms. The Bertz CT molecular complexity index is 833. The summed E-state index contributed by atoms with van der Waals surface area (Å²) >= 11 is 0. The van der Waals surface area contributed by atoms with Crippen LogP contribution in [0.4, 0.5) is 0 Å². The van der Waals surface area contributed by atoms with Crippen LogP contribution in [0.3, 0.4) is 0 Å². The molecule has 158 valence electrons. The van der Waals surface area contributed by atoms with Gasteiger partial charge in [-0.1, -0.05) is 24.3 Å². The number of hydrogen-bond donors (Lipinski definition) is 0. The van der Waals surface area contributed by atoms with Crippen LogP contribution in [0.1, 0.15) is 72.6 Å². The number of benzene rings is 1. The summed E-state index contributed by atoms with van der Waals surface area (Å²) in [7, 11) is 0. The molecule has 6 nitrogen and oxygen atoms in total. The van der Waals surface area contributed by atoms with Gasteiger partial charge in [-0.15, -0.1) is 0 Å². The van der Waals surface area contributed by atoms with E-state index < -0.39 is 0 Å². The van der Waals surface area contributed by atoms with Crippen LogP contribution in [0.2, 0.25) is 0 Å². The molecule has 30 heavy (non-hydrogen) atoms. The predicted octanol–water partition coefficient (Wildman–Crippen LogP) is 3.85. The van der Waals surface area contributed by atoms with E-state index in [1.54, 1.807) is 13.8 Å². The summed E-state index contributed by atoms with van der Waals surface area (Å²) in [6.07, 6.45) is 10.8. The molecule has 0 aliphatic heterocycles. The van der Waals surface area contributed by atoms with Crippen LogP contribution < -0.4 is 9.47 Å². The fourth-order valence-corrected chi connectivity index (χ4v) is 5.48. The Morgan fingerprint density at radius 1 is 0.700 bits per heavy atom. The molecule has 4 aliphatic rings. The van der Waals surface area contributed by atoms with Crippen LogP contribution in [-0.4, -0.2) is 38.4 Å². The van der Waals surface area contributed by atoms with E-state index >= 15 is 0 Å². The SMILES string of the molecule is CCOC(=O)COc1c2c(c(OCC(=O)OCC)c3c1[C@H]1C=C[C@@H]3C1)[C@H]1C=C[C@@H]2C1. The Morgan fingerprint density at radius 2 is 1.03 bits per heavy atom. The number of fused-ring (bicyclic) bond motifs is 10. The third kappa shape index (κ3) is 2.92. The quantitative estimate of drug-likeness (QED) is 0.479. The van der Waals surface area contributed by atoms with Gasteiger partial charge < -0.3 is 18.9 Å². The Kier molecular flexibility index (Phi) is 4.80. The van der Waals surface area contributed by atoms with E-state index in [9.17, 15) is 9.59 Å². The predicted molar refractivity (Wildman–Crippen MR) is 109 cm³/mol. The van der Waals surface area contributed by atoms with Crippen molar-refractivity contribution in [2.24, 2.45) is 0 Å². The third-order valence-corrected chi connectivity index (χ3v) is 6.49. The highest BCUT2D eigenvalue weighted by molar-refractivity contribution is 5.75. The van der Waals surface area contributed by atoms with Gasteiger partial charge in [-0.3, -0.25) is 0 Å². The molecule has 0 radical (unpaired) electrons. The molecule has 0 N–H and O–H groups in total. The van der Waals surface area contributed by atoms with Crippen LogP contribution in [0.5, 0.6) is 11.5 Å². The number of rotatable bonds is 8. The highest BCUT2D eigenvalue weighted by Gasteiger charge is 2.47. The zero-order chi connectivity index (χ0) is 20.8. The van der Waals surface area contributed by atoms with E-state index in [0.29, 0.717) is 13.2 Å². The van der Waals surface area contributed by atoms with Gasteiger partial charge in [0, 0.05) is 45.9 Å². The minimum Gasteiger partial charge on any atom is -0.481 e. The minimum atomic E-state index is -0.361. The topological polar surface area (TPSA) is 71.1 Å². The summed E-state index contributed by atoms with van der Waals surface area (Å²) in [6, 6.07) is 0. The van der Waals surface area contributed by atoms with Gasteiger partial charge in [0.1, 0.15) is 11.5 Å². The van der Waals surface area contributed by atoms with Crippen molar-refractivity contribution in [3.05, 3.63) is 46.6 Å². The first-order valence-electron chi connectivity index (χ1n) is 10.8. The van der Waals surface area contributed by atoms with E-state index in [0.717, 1.165) is 46.6 Å². The Labute approximate surface area is 175 Å². The number of esters is 2.